The molecule has 5 heteroatoms. The summed E-state index contributed by atoms with van der Waals surface area (Å²) in [6.45, 7) is 11.7. The second-order valence-corrected chi connectivity index (χ2v) is 7.25. The molecular formula is C19H33NO4. The number of benzene rings is 1. The van der Waals surface area contributed by atoms with Gasteiger partial charge in [0.15, 0.2) is 11.5 Å². The molecule has 1 aromatic carbocycles. The van der Waals surface area contributed by atoms with Crippen molar-refractivity contribution in [2.75, 3.05) is 27.4 Å². The molecule has 0 saturated carbocycles. The maximum atomic E-state index is 10.3. The van der Waals surface area contributed by atoms with Crippen molar-refractivity contribution in [3.63, 3.8) is 0 Å². The Morgan fingerprint density at radius 1 is 1.12 bits per heavy atom. The van der Waals surface area contributed by atoms with Crippen LogP contribution in [0.4, 0.5) is 0 Å². The number of rotatable bonds is 9. The second-order valence-electron chi connectivity index (χ2n) is 7.25. The molecule has 0 amide bonds. The van der Waals surface area contributed by atoms with Crippen LogP contribution in [-0.4, -0.2) is 55.1 Å². The third-order valence-electron chi connectivity index (χ3n) is 3.74. The molecular weight excluding hydrogens is 306 g/mol. The highest BCUT2D eigenvalue weighted by molar-refractivity contribution is 5.46. The smallest absolute Gasteiger partial charge is 0.165 e. The molecule has 0 aliphatic rings. The molecule has 0 aromatic heterocycles. The van der Waals surface area contributed by atoms with E-state index in [9.17, 15) is 5.11 Å². The molecule has 138 valence electrons. The molecule has 0 radical (unpaired) electrons. The minimum Gasteiger partial charge on any atom is -0.493 e. The minimum absolute atomic E-state index is 0.250. The summed E-state index contributed by atoms with van der Waals surface area (Å²) in [7, 11) is 3.28. The molecule has 1 N–H and O–H groups in total. The lowest BCUT2D eigenvalue weighted by Crippen LogP contribution is -2.40. The summed E-state index contributed by atoms with van der Waals surface area (Å²) in [5.74, 6) is 1.46. The first-order chi connectivity index (χ1) is 11.2. The fraction of sp³-hybridized carbons (Fsp3) is 0.684. The monoisotopic (exact) mass is 339 g/mol. The van der Waals surface area contributed by atoms with Crippen LogP contribution >= 0.6 is 0 Å². The van der Waals surface area contributed by atoms with Gasteiger partial charge in [-0.05, 0) is 40.7 Å². The van der Waals surface area contributed by atoms with E-state index in [1.165, 1.54) is 0 Å². The number of nitrogens with zero attached hydrogens (tertiary/aromatic N) is 1. The zero-order chi connectivity index (χ0) is 18.3. The Bertz CT molecular complexity index is 497. The minimum atomic E-state index is -0.539. The van der Waals surface area contributed by atoms with E-state index >= 15 is 0 Å². The molecule has 5 nitrogen and oxygen atoms in total. The van der Waals surface area contributed by atoms with Crippen molar-refractivity contribution in [2.24, 2.45) is 0 Å². The zero-order valence-corrected chi connectivity index (χ0v) is 16.1. The van der Waals surface area contributed by atoms with Gasteiger partial charge in [-0.15, -0.1) is 0 Å². The molecule has 0 bridgehead atoms. The average Bonchev–Trinajstić information content (AvgIpc) is 2.51. The molecule has 1 atom stereocenters. The van der Waals surface area contributed by atoms with Crippen LogP contribution in [0.3, 0.4) is 0 Å². The van der Waals surface area contributed by atoms with Crippen molar-refractivity contribution in [1.29, 1.82) is 0 Å². The van der Waals surface area contributed by atoms with Gasteiger partial charge in [-0.3, -0.25) is 4.90 Å². The summed E-state index contributed by atoms with van der Waals surface area (Å²) in [5.41, 5.74) is 0.786. The number of para-hydroxylation sites is 1. The fourth-order valence-electron chi connectivity index (χ4n) is 2.42. The lowest BCUT2D eigenvalue weighted by Gasteiger charge is -2.30. The average molecular weight is 339 g/mol. The Labute approximate surface area is 146 Å². The summed E-state index contributed by atoms with van der Waals surface area (Å²) >= 11 is 0. The van der Waals surface area contributed by atoms with Crippen LogP contribution in [0.2, 0.25) is 0 Å². The van der Waals surface area contributed by atoms with E-state index in [-0.39, 0.29) is 11.6 Å². The number of aliphatic hydroxyl groups is 1. The van der Waals surface area contributed by atoms with E-state index in [1.807, 2.05) is 39.0 Å². The van der Waals surface area contributed by atoms with Gasteiger partial charge in [0.05, 0.1) is 32.5 Å². The first-order valence-corrected chi connectivity index (χ1v) is 8.44. The SMILES string of the molecule is COc1cccc(CN(CC(O)COC(C)(C)C)C(C)C)c1OC. The topological polar surface area (TPSA) is 51.2 Å². The van der Waals surface area contributed by atoms with Gasteiger partial charge in [0.2, 0.25) is 0 Å². The van der Waals surface area contributed by atoms with Crippen LogP contribution in [0.1, 0.15) is 40.2 Å². The van der Waals surface area contributed by atoms with Crippen molar-refractivity contribution in [3.05, 3.63) is 23.8 Å². The van der Waals surface area contributed by atoms with Gasteiger partial charge in [-0.25, -0.2) is 0 Å². The van der Waals surface area contributed by atoms with Gasteiger partial charge in [-0.2, -0.15) is 0 Å². The Balaban J connectivity index is 2.80. The standard InChI is InChI=1S/C19H33NO4/c1-14(2)20(12-16(21)13-24-19(3,4)5)11-15-9-8-10-17(22-6)18(15)23-7/h8-10,14,16,21H,11-13H2,1-7H3. The van der Waals surface area contributed by atoms with E-state index in [1.54, 1.807) is 14.2 Å². The Morgan fingerprint density at radius 2 is 1.79 bits per heavy atom. The first-order valence-electron chi connectivity index (χ1n) is 8.44. The summed E-state index contributed by atoms with van der Waals surface area (Å²) in [5, 5.41) is 10.3. The number of methoxy groups -OCH3 is 2. The highest BCUT2D eigenvalue weighted by Crippen LogP contribution is 2.31. The van der Waals surface area contributed by atoms with Crippen molar-refractivity contribution in [2.45, 2.75) is 58.9 Å². The van der Waals surface area contributed by atoms with E-state index in [4.69, 9.17) is 14.2 Å². The van der Waals surface area contributed by atoms with E-state index in [2.05, 4.69) is 18.7 Å². The van der Waals surface area contributed by atoms with Crippen LogP contribution in [0.25, 0.3) is 0 Å². The Morgan fingerprint density at radius 3 is 2.29 bits per heavy atom. The molecule has 1 aromatic rings. The van der Waals surface area contributed by atoms with E-state index in [0.29, 0.717) is 19.7 Å². The molecule has 0 spiro atoms. The third-order valence-corrected chi connectivity index (χ3v) is 3.74. The second kappa shape index (κ2) is 9.25. The van der Waals surface area contributed by atoms with Gasteiger partial charge in [-0.1, -0.05) is 12.1 Å². The van der Waals surface area contributed by atoms with Crippen molar-refractivity contribution < 1.29 is 19.3 Å². The highest BCUT2D eigenvalue weighted by Gasteiger charge is 2.20. The highest BCUT2D eigenvalue weighted by atomic mass is 16.5. The molecule has 0 fully saturated rings. The summed E-state index contributed by atoms with van der Waals surface area (Å²) in [6, 6.07) is 6.14. The molecule has 24 heavy (non-hydrogen) atoms. The van der Waals surface area contributed by atoms with E-state index in [0.717, 1.165) is 17.1 Å². The van der Waals surface area contributed by atoms with Crippen LogP contribution < -0.4 is 9.47 Å². The zero-order valence-electron chi connectivity index (χ0n) is 16.1. The summed E-state index contributed by atoms with van der Waals surface area (Å²) < 4.78 is 16.6. The maximum absolute atomic E-state index is 10.3. The van der Waals surface area contributed by atoms with Crippen molar-refractivity contribution in [3.8, 4) is 11.5 Å². The Kier molecular flexibility index (Phi) is 8.00. The number of aliphatic hydroxyl groups excluding tert-OH is 1. The molecule has 1 unspecified atom stereocenters. The Hall–Kier alpha value is -1.30. The van der Waals surface area contributed by atoms with Gasteiger partial charge in [0, 0.05) is 24.7 Å². The van der Waals surface area contributed by atoms with Crippen molar-refractivity contribution in [1.82, 2.24) is 4.90 Å². The van der Waals surface area contributed by atoms with Crippen LogP contribution in [-0.2, 0) is 11.3 Å². The van der Waals surface area contributed by atoms with Gasteiger partial charge in [0.25, 0.3) is 0 Å². The number of ether oxygens (including phenoxy) is 3. The molecule has 1 rings (SSSR count). The number of hydrogen-bond donors (Lipinski definition) is 1. The van der Waals surface area contributed by atoms with Gasteiger partial charge >= 0.3 is 0 Å². The molecule has 0 saturated heterocycles. The number of hydrogen-bond acceptors (Lipinski definition) is 5. The summed E-state index contributed by atoms with van der Waals surface area (Å²) in [4.78, 5) is 2.20. The van der Waals surface area contributed by atoms with Gasteiger partial charge in [0.1, 0.15) is 0 Å². The lowest BCUT2D eigenvalue weighted by atomic mass is 10.1. The largest absolute Gasteiger partial charge is 0.493 e. The predicted octanol–water partition coefficient (Wildman–Crippen LogP) is 3.09. The van der Waals surface area contributed by atoms with Crippen molar-refractivity contribution >= 4 is 0 Å². The van der Waals surface area contributed by atoms with E-state index < -0.39 is 6.10 Å². The van der Waals surface area contributed by atoms with Crippen LogP contribution in [0.15, 0.2) is 18.2 Å². The molecule has 0 aliphatic heterocycles. The lowest BCUT2D eigenvalue weighted by molar-refractivity contribution is -0.0587. The van der Waals surface area contributed by atoms with Crippen LogP contribution in [0, 0.1) is 0 Å². The van der Waals surface area contributed by atoms with Crippen LogP contribution in [0.5, 0.6) is 11.5 Å². The quantitative estimate of drug-likeness (QED) is 0.749. The maximum Gasteiger partial charge on any atom is 0.165 e. The summed E-state index contributed by atoms with van der Waals surface area (Å²) in [6.07, 6.45) is -0.539. The third kappa shape index (κ3) is 6.67. The fourth-order valence-corrected chi connectivity index (χ4v) is 2.42. The van der Waals surface area contributed by atoms with Gasteiger partial charge < -0.3 is 19.3 Å². The molecule has 0 aliphatic carbocycles. The first kappa shape index (κ1) is 20.7. The molecule has 0 heterocycles. The predicted molar refractivity (Wildman–Crippen MR) is 96.8 cm³/mol. The normalized spacial score (nSPS) is 13.4.